The third kappa shape index (κ3) is 6.35. The molecule has 1 amide bonds. The van der Waals surface area contributed by atoms with Crippen LogP contribution in [0.5, 0.6) is 0 Å². The number of amides is 1. The standard InChI is InChI=1S/C27H35FN2O6/c1-17(24(35-5)22-13-27(10-11-27)16-30(22)25(33)34)21(14-31)29-20(23(15-32)36-26(2,3)4)12-18-8-6-7-9-19(18)28/h6-9,17,20,22,24,29H,10-13,16H2,1-5H3,(H,33,34)/t17-,20+,22?,24-/m1/s1. The van der Waals surface area contributed by atoms with Gasteiger partial charge in [-0.25, -0.2) is 18.8 Å². The normalized spacial score (nSPS) is 20.6. The van der Waals surface area contributed by atoms with Gasteiger partial charge in [-0.3, -0.25) is 0 Å². The van der Waals surface area contributed by atoms with E-state index in [0.29, 0.717) is 18.5 Å². The van der Waals surface area contributed by atoms with Crippen molar-refractivity contribution in [3.05, 3.63) is 47.1 Å². The first kappa shape index (κ1) is 27.5. The molecule has 9 heteroatoms. The smallest absolute Gasteiger partial charge is 0.407 e. The van der Waals surface area contributed by atoms with Gasteiger partial charge in [0.05, 0.1) is 18.2 Å². The first-order valence-corrected chi connectivity index (χ1v) is 12.1. The number of nitrogens with one attached hydrogen (secondary N) is 1. The minimum Gasteiger partial charge on any atom is -0.479 e. The van der Waals surface area contributed by atoms with E-state index < -0.39 is 41.6 Å². The molecule has 2 N–H and O–H groups in total. The first-order chi connectivity index (χ1) is 16.9. The highest BCUT2D eigenvalue weighted by atomic mass is 19.1. The highest BCUT2D eigenvalue weighted by Crippen LogP contribution is 2.56. The number of ether oxygens (including phenoxy) is 2. The molecule has 1 spiro atoms. The minimum absolute atomic E-state index is 0.0106. The van der Waals surface area contributed by atoms with Crippen LogP contribution in [0.2, 0.25) is 0 Å². The molecule has 3 rings (SSSR count). The quantitative estimate of drug-likeness (QED) is 0.371. The molecule has 1 heterocycles. The third-order valence-corrected chi connectivity index (χ3v) is 7.01. The first-order valence-electron chi connectivity index (χ1n) is 12.1. The summed E-state index contributed by atoms with van der Waals surface area (Å²) in [5, 5.41) is 12.8. The SMILES string of the molecule is CO[C@@H](C1CC2(CC2)CN1C(=O)O)[C@H](C)C(=C=O)N[C@@H](Cc1ccccc1F)C(=C=O)OC(C)(C)C. The van der Waals surface area contributed by atoms with Gasteiger partial charge < -0.3 is 24.8 Å². The number of carbonyl (C=O) groups is 1. The van der Waals surface area contributed by atoms with Crippen LogP contribution in [-0.2, 0) is 25.5 Å². The number of nitrogens with zero attached hydrogens (tertiary/aromatic N) is 1. The van der Waals surface area contributed by atoms with Crippen LogP contribution in [0.15, 0.2) is 35.7 Å². The zero-order valence-corrected chi connectivity index (χ0v) is 21.5. The fraction of sp³-hybridized carbons (Fsp3) is 0.593. The number of carbonyl (C=O) groups excluding carboxylic acids is 2. The van der Waals surface area contributed by atoms with Crippen molar-refractivity contribution < 1.29 is 33.4 Å². The van der Waals surface area contributed by atoms with Crippen molar-refractivity contribution in [3.63, 3.8) is 0 Å². The van der Waals surface area contributed by atoms with Crippen molar-refractivity contribution in [1.29, 1.82) is 0 Å². The number of methoxy groups -OCH3 is 1. The number of hydrogen-bond donors (Lipinski definition) is 2. The van der Waals surface area contributed by atoms with Gasteiger partial charge in [0.25, 0.3) is 0 Å². The topological polar surface area (TPSA) is 105 Å². The molecule has 4 atom stereocenters. The van der Waals surface area contributed by atoms with Crippen molar-refractivity contribution in [2.24, 2.45) is 11.3 Å². The Balaban J connectivity index is 1.89. The fourth-order valence-electron chi connectivity index (χ4n) is 5.03. The molecule has 196 valence electrons. The van der Waals surface area contributed by atoms with Crippen molar-refractivity contribution >= 4 is 18.0 Å². The van der Waals surface area contributed by atoms with E-state index in [9.17, 15) is 23.9 Å². The second-order valence-electron chi connectivity index (χ2n) is 10.9. The average molecular weight is 503 g/mol. The molecule has 36 heavy (non-hydrogen) atoms. The van der Waals surface area contributed by atoms with E-state index in [-0.39, 0.29) is 23.3 Å². The summed E-state index contributed by atoms with van der Waals surface area (Å²) in [6.07, 6.45) is 0.941. The van der Waals surface area contributed by atoms with Crippen LogP contribution in [0, 0.1) is 17.2 Å². The molecule has 2 fully saturated rings. The summed E-state index contributed by atoms with van der Waals surface area (Å²) in [5.74, 6) is 2.55. The molecule has 0 radical (unpaired) electrons. The van der Waals surface area contributed by atoms with Crippen molar-refractivity contribution in [3.8, 4) is 0 Å². The molecule has 0 aromatic heterocycles. The fourth-order valence-corrected chi connectivity index (χ4v) is 5.03. The Bertz CT molecular complexity index is 1070. The Hall–Kier alpha value is -3.12. The lowest BCUT2D eigenvalue weighted by Crippen LogP contribution is -2.48. The molecule has 1 aromatic rings. The Kier molecular flexibility index (Phi) is 8.29. The van der Waals surface area contributed by atoms with Crippen molar-refractivity contribution in [2.75, 3.05) is 13.7 Å². The van der Waals surface area contributed by atoms with Gasteiger partial charge in [-0.1, -0.05) is 25.1 Å². The lowest BCUT2D eigenvalue weighted by molar-refractivity contribution is 0.00647. The predicted molar refractivity (Wildman–Crippen MR) is 131 cm³/mol. The molecule has 1 aliphatic heterocycles. The number of carboxylic acid groups (broad SMARTS) is 1. The van der Waals surface area contributed by atoms with E-state index in [1.54, 1.807) is 51.8 Å². The number of hydrogen-bond acceptors (Lipinski definition) is 6. The zero-order chi connectivity index (χ0) is 26.7. The van der Waals surface area contributed by atoms with Crippen LogP contribution in [0.25, 0.3) is 0 Å². The van der Waals surface area contributed by atoms with Gasteiger partial charge in [0.2, 0.25) is 5.76 Å². The van der Waals surface area contributed by atoms with Crippen LogP contribution < -0.4 is 5.32 Å². The molecule has 0 bridgehead atoms. The van der Waals surface area contributed by atoms with Gasteiger partial charge >= 0.3 is 6.09 Å². The van der Waals surface area contributed by atoms with Crippen LogP contribution in [-0.4, -0.2) is 65.4 Å². The van der Waals surface area contributed by atoms with Gasteiger partial charge in [0.15, 0.2) is 5.94 Å². The van der Waals surface area contributed by atoms with Gasteiger partial charge in [0.1, 0.15) is 23.1 Å². The van der Waals surface area contributed by atoms with Crippen molar-refractivity contribution in [2.45, 2.75) is 77.2 Å². The molecule has 8 nitrogen and oxygen atoms in total. The average Bonchev–Trinajstić information content (AvgIpc) is 3.46. The number of halogens is 1. The van der Waals surface area contributed by atoms with Gasteiger partial charge in [-0.05, 0) is 57.1 Å². The summed E-state index contributed by atoms with van der Waals surface area (Å²) in [6.45, 7) is 7.48. The van der Waals surface area contributed by atoms with Crippen LogP contribution in [0.4, 0.5) is 9.18 Å². The summed E-state index contributed by atoms with van der Waals surface area (Å²) in [4.78, 5) is 37.4. The van der Waals surface area contributed by atoms with E-state index in [2.05, 4.69) is 5.32 Å². The van der Waals surface area contributed by atoms with E-state index in [4.69, 9.17) is 9.47 Å². The lowest BCUT2D eigenvalue weighted by Gasteiger charge is -2.34. The maximum absolute atomic E-state index is 14.5. The monoisotopic (exact) mass is 502 g/mol. The Labute approximate surface area is 211 Å². The highest BCUT2D eigenvalue weighted by molar-refractivity contribution is 5.66. The third-order valence-electron chi connectivity index (χ3n) is 7.01. The summed E-state index contributed by atoms with van der Waals surface area (Å²) >= 11 is 0. The van der Waals surface area contributed by atoms with Gasteiger partial charge in [-0.15, -0.1) is 0 Å². The minimum atomic E-state index is -1.02. The Morgan fingerprint density at radius 3 is 2.44 bits per heavy atom. The van der Waals surface area contributed by atoms with Crippen LogP contribution >= 0.6 is 0 Å². The molecular weight excluding hydrogens is 467 g/mol. The summed E-state index contributed by atoms with van der Waals surface area (Å²) in [6, 6.07) is 4.80. The number of benzene rings is 1. The maximum atomic E-state index is 14.5. The molecule has 1 saturated heterocycles. The summed E-state index contributed by atoms with van der Waals surface area (Å²) < 4.78 is 26.0. The van der Waals surface area contributed by atoms with Gasteiger partial charge in [-0.2, -0.15) is 0 Å². The molecule has 2 aliphatic rings. The molecule has 1 unspecified atom stereocenters. The predicted octanol–water partition coefficient (Wildman–Crippen LogP) is 3.76. The molecule has 1 aromatic carbocycles. The molecule has 1 aliphatic carbocycles. The van der Waals surface area contributed by atoms with E-state index >= 15 is 0 Å². The van der Waals surface area contributed by atoms with E-state index in [0.717, 1.165) is 12.8 Å². The van der Waals surface area contributed by atoms with E-state index in [1.807, 2.05) is 5.94 Å². The van der Waals surface area contributed by atoms with E-state index in [1.165, 1.54) is 18.1 Å². The maximum Gasteiger partial charge on any atom is 0.407 e. The molecular formula is C27H35FN2O6. The highest BCUT2D eigenvalue weighted by Gasteiger charge is 2.56. The summed E-state index contributed by atoms with van der Waals surface area (Å²) in [7, 11) is 1.48. The van der Waals surface area contributed by atoms with Gasteiger partial charge in [0, 0.05) is 26.0 Å². The van der Waals surface area contributed by atoms with Crippen LogP contribution in [0.1, 0.15) is 52.5 Å². The lowest BCUT2D eigenvalue weighted by atomic mass is 9.90. The van der Waals surface area contributed by atoms with Crippen LogP contribution in [0.3, 0.4) is 0 Å². The number of likely N-dealkylation sites (tertiary alicyclic amines) is 1. The zero-order valence-electron chi connectivity index (χ0n) is 21.5. The summed E-state index contributed by atoms with van der Waals surface area (Å²) in [5.41, 5.74) is -0.349. The molecule has 1 saturated carbocycles. The Morgan fingerprint density at radius 2 is 1.94 bits per heavy atom. The number of rotatable bonds is 10. The Morgan fingerprint density at radius 1 is 1.28 bits per heavy atom. The van der Waals surface area contributed by atoms with Crippen molar-refractivity contribution in [1.82, 2.24) is 10.2 Å². The largest absolute Gasteiger partial charge is 0.479 e. The second kappa shape index (κ2) is 10.9. The second-order valence-corrected chi connectivity index (χ2v) is 10.9.